The first kappa shape index (κ1) is 12.1. The Kier molecular flexibility index (Phi) is 4.12. The summed E-state index contributed by atoms with van der Waals surface area (Å²) in [5.41, 5.74) is 2.04. The van der Waals surface area contributed by atoms with E-state index in [2.05, 4.69) is 4.98 Å². The fraction of sp³-hybridized carbons (Fsp3) is 0.308. The Morgan fingerprint density at radius 1 is 1.29 bits per heavy atom. The number of aromatic nitrogens is 1. The SMILES string of the molecule is CCOc1ccc(-c2csc(CCO)n2)cc1. The van der Waals surface area contributed by atoms with E-state index in [9.17, 15) is 0 Å². The molecular weight excluding hydrogens is 234 g/mol. The van der Waals surface area contributed by atoms with Gasteiger partial charge in [0.1, 0.15) is 5.75 Å². The summed E-state index contributed by atoms with van der Waals surface area (Å²) in [6.07, 6.45) is 0.627. The summed E-state index contributed by atoms with van der Waals surface area (Å²) in [7, 11) is 0. The third kappa shape index (κ3) is 3.05. The van der Waals surface area contributed by atoms with Crippen LogP contribution in [-0.2, 0) is 6.42 Å². The molecule has 0 aliphatic rings. The first-order valence-corrected chi connectivity index (χ1v) is 6.50. The molecule has 0 amide bonds. The highest BCUT2D eigenvalue weighted by Crippen LogP contribution is 2.24. The molecule has 90 valence electrons. The molecule has 0 fully saturated rings. The molecule has 1 aromatic carbocycles. The minimum atomic E-state index is 0.149. The van der Waals surface area contributed by atoms with E-state index in [1.165, 1.54) is 0 Å². The second-order valence-electron chi connectivity index (χ2n) is 3.56. The second-order valence-corrected chi connectivity index (χ2v) is 4.50. The normalized spacial score (nSPS) is 10.5. The zero-order valence-electron chi connectivity index (χ0n) is 9.72. The van der Waals surface area contributed by atoms with Crippen LogP contribution in [0, 0.1) is 0 Å². The average molecular weight is 249 g/mol. The topological polar surface area (TPSA) is 42.4 Å². The number of ether oxygens (including phenoxy) is 1. The maximum Gasteiger partial charge on any atom is 0.119 e. The molecule has 1 N–H and O–H groups in total. The van der Waals surface area contributed by atoms with Gasteiger partial charge in [-0.1, -0.05) is 0 Å². The van der Waals surface area contributed by atoms with Crippen molar-refractivity contribution < 1.29 is 9.84 Å². The van der Waals surface area contributed by atoms with Crippen molar-refractivity contribution >= 4 is 11.3 Å². The molecule has 4 heteroatoms. The number of benzene rings is 1. The molecule has 0 saturated carbocycles. The van der Waals surface area contributed by atoms with Crippen LogP contribution in [0.25, 0.3) is 11.3 Å². The van der Waals surface area contributed by atoms with Crippen molar-refractivity contribution in [3.05, 3.63) is 34.7 Å². The van der Waals surface area contributed by atoms with Gasteiger partial charge < -0.3 is 9.84 Å². The summed E-state index contributed by atoms with van der Waals surface area (Å²) >= 11 is 1.58. The molecule has 0 spiro atoms. The van der Waals surface area contributed by atoms with Crippen LogP contribution < -0.4 is 4.74 Å². The van der Waals surface area contributed by atoms with Crippen molar-refractivity contribution in [2.75, 3.05) is 13.2 Å². The van der Waals surface area contributed by atoms with Gasteiger partial charge in [-0.3, -0.25) is 0 Å². The average Bonchev–Trinajstić information content (AvgIpc) is 2.80. The molecule has 0 radical (unpaired) electrons. The van der Waals surface area contributed by atoms with E-state index in [-0.39, 0.29) is 6.61 Å². The summed E-state index contributed by atoms with van der Waals surface area (Å²) in [4.78, 5) is 4.46. The zero-order chi connectivity index (χ0) is 12.1. The molecule has 3 nitrogen and oxygen atoms in total. The number of aliphatic hydroxyl groups is 1. The number of aliphatic hydroxyl groups excluding tert-OH is 1. The van der Waals surface area contributed by atoms with E-state index in [0.717, 1.165) is 22.0 Å². The molecule has 17 heavy (non-hydrogen) atoms. The number of hydrogen-bond donors (Lipinski definition) is 1. The van der Waals surface area contributed by atoms with Gasteiger partial charge in [0.2, 0.25) is 0 Å². The van der Waals surface area contributed by atoms with Crippen LogP contribution in [0.15, 0.2) is 29.6 Å². The summed E-state index contributed by atoms with van der Waals surface area (Å²) in [5.74, 6) is 0.877. The predicted octanol–water partition coefficient (Wildman–Crippen LogP) is 2.74. The van der Waals surface area contributed by atoms with E-state index in [0.29, 0.717) is 13.0 Å². The molecule has 0 bridgehead atoms. The van der Waals surface area contributed by atoms with Crippen molar-refractivity contribution in [3.8, 4) is 17.0 Å². The van der Waals surface area contributed by atoms with Crippen LogP contribution in [0.2, 0.25) is 0 Å². The molecule has 2 rings (SSSR count). The van der Waals surface area contributed by atoms with Crippen molar-refractivity contribution in [3.63, 3.8) is 0 Å². The zero-order valence-corrected chi connectivity index (χ0v) is 10.5. The molecule has 0 aliphatic carbocycles. The van der Waals surface area contributed by atoms with Crippen molar-refractivity contribution in [2.45, 2.75) is 13.3 Å². The van der Waals surface area contributed by atoms with Crippen LogP contribution in [0.4, 0.5) is 0 Å². The predicted molar refractivity (Wildman–Crippen MR) is 69.5 cm³/mol. The van der Waals surface area contributed by atoms with Crippen molar-refractivity contribution in [2.24, 2.45) is 0 Å². The van der Waals surface area contributed by atoms with E-state index in [1.807, 2.05) is 36.6 Å². The first-order chi connectivity index (χ1) is 8.33. The first-order valence-electron chi connectivity index (χ1n) is 5.62. The molecule has 0 aliphatic heterocycles. The minimum absolute atomic E-state index is 0.149. The number of hydrogen-bond acceptors (Lipinski definition) is 4. The van der Waals surface area contributed by atoms with E-state index >= 15 is 0 Å². The fourth-order valence-electron chi connectivity index (χ4n) is 1.54. The largest absolute Gasteiger partial charge is 0.494 e. The van der Waals surface area contributed by atoms with Gasteiger partial charge >= 0.3 is 0 Å². The standard InChI is InChI=1S/C13H15NO2S/c1-2-16-11-5-3-10(4-6-11)12-9-17-13(14-12)7-8-15/h3-6,9,15H,2,7-8H2,1H3. The van der Waals surface area contributed by atoms with Crippen molar-refractivity contribution in [1.29, 1.82) is 0 Å². The quantitative estimate of drug-likeness (QED) is 0.886. The van der Waals surface area contributed by atoms with Gasteiger partial charge in [0.15, 0.2) is 0 Å². The van der Waals surface area contributed by atoms with Crippen LogP contribution in [0.5, 0.6) is 5.75 Å². The van der Waals surface area contributed by atoms with Crippen molar-refractivity contribution in [1.82, 2.24) is 4.98 Å². The third-order valence-electron chi connectivity index (χ3n) is 2.34. The lowest BCUT2D eigenvalue weighted by molar-refractivity contribution is 0.299. The van der Waals surface area contributed by atoms with Crippen LogP contribution >= 0.6 is 11.3 Å². The van der Waals surface area contributed by atoms with Gasteiger partial charge in [-0.15, -0.1) is 11.3 Å². The van der Waals surface area contributed by atoms with Crippen LogP contribution in [0.1, 0.15) is 11.9 Å². The molecular formula is C13H15NO2S. The van der Waals surface area contributed by atoms with E-state index in [4.69, 9.17) is 9.84 Å². The Morgan fingerprint density at radius 3 is 2.71 bits per heavy atom. The second kappa shape index (κ2) is 5.80. The molecule has 0 atom stereocenters. The molecule has 2 aromatic rings. The maximum atomic E-state index is 8.85. The monoisotopic (exact) mass is 249 g/mol. The van der Waals surface area contributed by atoms with Gasteiger partial charge in [-0.25, -0.2) is 4.98 Å². The molecule has 1 heterocycles. The fourth-order valence-corrected chi connectivity index (χ4v) is 2.34. The third-order valence-corrected chi connectivity index (χ3v) is 3.25. The highest BCUT2D eigenvalue weighted by atomic mass is 32.1. The van der Waals surface area contributed by atoms with Gasteiger partial charge in [0.25, 0.3) is 0 Å². The van der Waals surface area contributed by atoms with Gasteiger partial charge in [-0.05, 0) is 31.2 Å². The summed E-state index contributed by atoms with van der Waals surface area (Å²) < 4.78 is 5.39. The smallest absolute Gasteiger partial charge is 0.119 e. The molecule has 1 aromatic heterocycles. The Balaban J connectivity index is 2.15. The van der Waals surface area contributed by atoms with Gasteiger partial charge in [-0.2, -0.15) is 0 Å². The summed E-state index contributed by atoms with van der Waals surface area (Å²) in [5, 5.41) is 11.8. The summed E-state index contributed by atoms with van der Waals surface area (Å²) in [6, 6.07) is 7.90. The Labute approximate surface area is 105 Å². The Morgan fingerprint density at radius 2 is 2.06 bits per heavy atom. The highest BCUT2D eigenvalue weighted by molar-refractivity contribution is 7.09. The maximum absolute atomic E-state index is 8.85. The lowest BCUT2D eigenvalue weighted by atomic mass is 10.2. The lowest BCUT2D eigenvalue weighted by Crippen LogP contribution is -1.91. The Bertz CT molecular complexity index is 465. The number of nitrogens with zero attached hydrogens (tertiary/aromatic N) is 1. The van der Waals surface area contributed by atoms with E-state index in [1.54, 1.807) is 11.3 Å². The molecule has 0 unspecified atom stereocenters. The highest BCUT2D eigenvalue weighted by Gasteiger charge is 2.04. The Hall–Kier alpha value is -1.39. The number of rotatable bonds is 5. The van der Waals surface area contributed by atoms with Gasteiger partial charge in [0.05, 0.1) is 17.3 Å². The van der Waals surface area contributed by atoms with Crippen LogP contribution in [-0.4, -0.2) is 23.3 Å². The van der Waals surface area contributed by atoms with E-state index < -0.39 is 0 Å². The molecule has 0 saturated heterocycles. The van der Waals surface area contributed by atoms with Gasteiger partial charge in [0, 0.05) is 24.0 Å². The number of thiazole rings is 1. The summed E-state index contributed by atoms with van der Waals surface area (Å²) in [6.45, 7) is 2.79. The minimum Gasteiger partial charge on any atom is -0.494 e. The van der Waals surface area contributed by atoms with Crippen LogP contribution in [0.3, 0.4) is 0 Å². The lowest BCUT2D eigenvalue weighted by Gasteiger charge is -2.03.